The Balaban J connectivity index is 2.73. The van der Waals surface area contributed by atoms with E-state index in [1.54, 1.807) is 18.2 Å². The Morgan fingerprint density at radius 2 is 1.88 bits per heavy atom. The fourth-order valence-corrected chi connectivity index (χ4v) is 1.91. The fourth-order valence-electron chi connectivity index (χ4n) is 1.23. The molecular formula is C10H16N2O3S. The zero-order valence-electron chi connectivity index (χ0n) is 8.93. The third-order valence-corrected chi connectivity index (χ3v) is 2.96. The van der Waals surface area contributed by atoms with Gasteiger partial charge in [0.2, 0.25) is 10.0 Å². The van der Waals surface area contributed by atoms with Gasteiger partial charge in [-0.15, -0.1) is 0 Å². The largest absolute Gasteiger partial charge is 0.492 e. The van der Waals surface area contributed by atoms with Gasteiger partial charge in [0.15, 0.2) is 0 Å². The number of unbranched alkanes of at least 4 members (excludes halogenated alkanes) is 1. The van der Waals surface area contributed by atoms with Crippen molar-refractivity contribution in [1.29, 1.82) is 0 Å². The lowest BCUT2D eigenvalue weighted by molar-refractivity contribution is 0.300. The number of nitrogens with two attached hydrogens (primary N) is 2. The first kappa shape index (κ1) is 13.0. The first-order valence-corrected chi connectivity index (χ1v) is 6.55. The maximum absolute atomic E-state index is 11.2. The van der Waals surface area contributed by atoms with Crippen LogP contribution < -0.4 is 15.6 Å². The van der Waals surface area contributed by atoms with Gasteiger partial charge in [0, 0.05) is 0 Å². The summed E-state index contributed by atoms with van der Waals surface area (Å²) < 4.78 is 27.8. The van der Waals surface area contributed by atoms with E-state index in [1.807, 2.05) is 0 Å². The smallest absolute Gasteiger partial charge is 0.241 e. The molecule has 0 radical (unpaired) electrons. The molecule has 1 rings (SSSR count). The molecule has 0 aliphatic carbocycles. The topological polar surface area (TPSA) is 95.4 Å². The molecule has 0 unspecified atom stereocenters. The van der Waals surface area contributed by atoms with Gasteiger partial charge in [-0.25, -0.2) is 13.6 Å². The van der Waals surface area contributed by atoms with Gasteiger partial charge < -0.3 is 10.5 Å². The molecule has 0 saturated heterocycles. The maximum Gasteiger partial charge on any atom is 0.241 e. The van der Waals surface area contributed by atoms with Crippen LogP contribution in [0.1, 0.15) is 12.8 Å². The number of benzene rings is 1. The molecule has 0 bridgehead atoms. The summed E-state index contributed by atoms with van der Waals surface area (Å²) in [5, 5.41) is 5.06. The molecule has 16 heavy (non-hydrogen) atoms. The molecule has 0 aliphatic rings. The molecule has 6 heteroatoms. The lowest BCUT2D eigenvalue weighted by Crippen LogP contribution is -2.14. The highest BCUT2D eigenvalue weighted by Gasteiger charge is 2.13. The average molecular weight is 244 g/mol. The Morgan fingerprint density at radius 3 is 2.50 bits per heavy atom. The molecule has 1 aromatic carbocycles. The predicted octanol–water partition coefficient (Wildman–Crippen LogP) is 0.452. The Bertz CT molecular complexity index is 431. The molecule has 0 aromatic heterocycles. The lowest BCUT2D eigenvalue weighted by Gasteiger charge is -2.09. The Labute approximate surface area is 95.4 Å². The van der Waals surface area contributed by atoms with Crippen LogP contribution in [0.4, 0.5) is 0 Å². The van der Waals surface area contributed by atoms with Crippen molar-refractivity contribution in [2.45, 2.75) is 17.7 Å². The van der Waals surface area contributed by atoms with Gasteiger partial charge in [-0.05, 0) is 31.5 Å². The highest BCUT2D eigenvalue weighted by Crippen LogP contribution is 2.21. The third-order valence-electron chi connectivity index (χ3n) is 2.01. The molecule has 5 nitrogen and oxygen atoms in total. The van der Waals surface area contributed by atoms with Crippen molar-refractivity contribution in [2.24, 2.45) is 10.9 Å². The molecule has 0 saturated carbocycles. The van der Waals surface area contributed by atoms with Gasteiger partial charge in [0.1, 0.15) is 10.6 Å². The molecule has 1 aromatic rings. The molecule has 0 amide bonds. The lowest BCUT2D eigenvalue weighted by atomic mass is 10.3. The van der Waals surface area contributed by atoms with Crippen LogP contribution in [0, 0.1) is 0 Å². The van der Waals surface area contributed by atoms with E-state index < -0.39 is 10.0 Å². The van der Waals surface area contributed by atoms with Gasteiger partial charge in [-0.1, -0.05) is 12.1 Å². The van der Waals surface area contributed by atoms with Crippen molar-refractivity contribution < 1.29 is 13.2 Å². The van der Waals surface area contributed by atoms with Gasteiger partial charge in [0.05, 0.1) is 6.61 Å². The number of hydrogen-bond donors (Lipinski definition) is 2. The number of ether oxygens (including phenoxy) is 1. The van der Waals surface area contributed by atoms with Crippen LogP contribution in [0.15, 0.2) is 29.2 Å². The minimum absolute atomic E-state index is 0.0164. The van der Waals surface area contributed by atoms with Crippen molar-refractivity contribution in [3.63, 3.8) is 0 Å². The zero-order valence-corrected chi connectivity index (χ0v) is 9.74. The van der Waals surface area contributed by atoms with Crippen molar-refractivity contribution in [1.82, 2.24) is 0 Å². The quantitative estimate of drug-likeness (QED) is 0.710. The summed E-state index contributed by atoms with van der Waals surface area (Å²) in [6, 6.07) is 6.31. The van der Waals surface area contributed by atoms with E-state index in [-0.39, 0.29) is 4.90 Å². The minimum Gasteiger partial charge on any atom is -0.492 e. The normalized spacial score (nSPS) is 11.4. The summed E-state index contributed by atoms with van der Waals surface area (Å²) in [7, 11) is -3.73. The summed E-state index contributed by atoms with van der Waals surface area (Å²) in [5.41, 5.74) is 5.34. The highest BCUT2D eigenvalue weighted by molar-refractivity contribution is 7.89. The number of sulfonamides is 1. The van der Waals surface area contributed by atoms with E-state index in [4.69, 9.17) is 15.6 Å². The fraction of sp³-hybridized carbons (Fsp3) is 0.400. The van der Waals surface area contributed by atoms with Crippen LogP contribution in [0.2, 0.25) is 0 Å². The number of para-hydroxylation sites is 1. The average Bonchev–Trinajstić information content (AvgIpc) is 2.24. The number of rotatable bonds is 6. The van der Waals surface area contributed by atoms with Crippen LogP contribution >= 0.6 is 0 Å². The number of primary sulfonamides is 1. The summed E-state index contributed by atoms with van der Waals surface area (Å²) >= 11 is 0. The molecule has 0 aliphatic heterocycles. The second kappa shape index (κ2) is 5.83. The zero-order chi connectivity index (χ0) is 12.0. The SMILES string of the molecule is NCCCCOc1ccccc1S(N)(=O)=O. The van der Waals surface area contributed by atoms with Gasteiger partial charge >= 0.3 is 0 Å². The summed E-state index contributed by atoms with van der Waals surface area (Å²) in [6.45, 7) is 1.03. The molecule has 0 heterocycles. The van der Waals surface area contributed by atoms with E-state index in [0.717, 1.165) is 12.8 Å². The van der Waals surface area contributed by atoms with E-state index >= 15 is 0 Å². The number of hydrogen-bond acceptors (Lipinski definition) is 4. The Morgan fingerprint density at radius 1 is 1.19 bits per heavy atom. The second-order valence-corrected chi connectivity index (χ2v) is 4.87. The molecule has 90 valence electrons. The summed E-state index contributed by atoms with van der Waals surface area (Å²) in [5.74, 6) is 0.294. The van der Waals surface area contributed by atoms with Gasteiger partial charge in [-0.3, -0.25) is 0 Å². The standard InChI is InChI=1S/C10H16N2O3S/c11-7-3-4-8-15-9-5-1-2-6-10(9)16(12,13)14/h1-2,5-6H,3-4,7-8,11H2,(H2,12,13,14). The van der Waals surface area contributed by atoms with Crippen LogP contribution in [-0.2, 0) is 10.0 Å². The molecular weight excluding hydrogens is 228 g/mol. The highest BCUT2D eigenvalue weighted by atomic mass is 32.2. The molecule has 0 atom stereocenters. The van der Waals surface area contributed by atoms with E-state index in [1.165, 1.54) is 6.07 Å². The molecule has 0 fully saturated rings. The second-order valence-electron chi connectivity index (χ2n) is 3.34. The minimum atomic E-state index is -3.73. The van der Waals surface area contributed by atoms with Crippen molar-refractivity contribution in [3.8, 4) is 5.75 Å². The van der Waals surface area contributed by atoms with Crippen LogP contribution in [0.25, 0.3) is 0 Å². The first-order valence-electron chi connectivity index (χ1n) is 5.00. The Hall–Kier alpha value is -1.11. The molecule has 0 spiro atoms. The van der Waals surface area contributed by atoms with E-state index in [2.05, 4.69) is 0 Å². The third kappa shape index (κ3) is 3.80. The first-order chi connectivity index (χ1) is 7.55. The summed E-state index contributed by atoms with van der Waals surface area (Å²) in [4.78, 5) is 0.0164. The van der Waals surface area contributed by atoms with Crippen LogP contribution in [0.3, 0.4) is 0 Å². The molecule has 4 N–H and O–H groups in total. The van der Waals surface area contributed by atoms with Gasteiger partial charge in [0.25, 0.3) is 0 Å². The summed E-state index contributed by atoms with van der Waals surface area (Å²) in [6.07, 6.45) is 1.63. The van der Waals surface area contributed by atoms with Crippen molar-refractivity contribution >= 4 is 10.0 Å². The maximum atomic E-state index is 11.2. The van der Waals surface area contributed by atoms with Gasteiger partial charge in [-0.2, -0.15) is 0 Å². The van der Waals surface area contributed by atoms with E-state index in [9.17, 15) is 8.42 Å². The van der Waals surface area contributed by atoms with E-state index in [0.29, 0.717) is 18.9 Å². The van der Waals surface area contributed by atoms with Crippen LogP contribution in [-0.4, -0.2) is 21.6 Å². The van der Waals surface area contributed by atoms with Crippen molar-refractivity contribution in [2.75, 3.05) is 13.2 Å². The monoisotopic (exact) mass is 244 g/mol. The van der Waals surface area contributed by atoms with Crippen molar-refractivity contribution in [3.05, 3.63) is 24.3 Å². The van der Waals surface area contributed by atoms with Crippen LogP contribution in [0.5, 0.6) is 5.75 Å². The Kier molecular flexibility index (Phi) is 4.72. The predicted molar refractivity (Wildman–Crippen MR) is 61.6 cm³/mol.